The van der Waals surface area contributed by atoms with Crippen LogP contribution in [0.4, 0.5) is 27.5 Å². The number of rotatable bonds is 7. The SMILES string of the molecule is CCNc1nc(C)cc(Nc2ccc(NC(=O)/C=C/c3ccccc3F)cc2)n1. The predicted molar refractivity (Wildman–Crippen MR) is 115 cm³/mol. The lowest BCUT2D eigenvalue weighted by Gasteiger charge is -2.10. The van der Waals surface area contributed by atoms with Crippen LogP contribution in [0.1, 0.15) is 18.2 Å². The molecule has 1 amide bonds. The predicted octanol–water partition coefficient (Wildman–Crippen LogP) is 4.75. The van der Waals surface area contributed by atoms with E-state index in [1.165, 1.54) is 18.2 Å². The fourth-order valence-corrected chi connectivity index (χ4v) is 2.61. The summed E-state index contributed by atoms with van der Waals surface area (Å²) in [6.45, 7) is 4.63. The number of carbonyl (C=O) groups is 1. The van der Waals surface area contributed by atoms with Gasteiger partial charge in [-0.2, -0.15) is 4.98 Å². The molecule has 0 aliphatic carbocycles. The quantitative estimate of drug-likeness (QED) is 0.507. The maximum absolute atomic E-state index is 13.6. The van der Waals surface area contributed by atoms with Crippen molar-refractivity contribution in [1.82, 2.24) is 9.97 Å². The molecule has 3 N–H and O–H groups in total. The molecule has 0 saturated carbocycles. The van der Waals surface area contributed by atoms with Gasteiger partial charge in [-0.05, 0) is 50.3 Å². The number of hydrogen-bond donors (Lipinski definition) is 3. The Balaban J connectivity index is 1.61. The highest BCUT2D eigenvalue weighted by molar-refractivity contribution is 6.02. The smallest absolute Gasteiger partial charge is 0.248 e. The summed E-state index contributed by atoms with van der Waals surface area (Å²) in [4.78, 5) is 20.8. The molecule has 3 aromatic rings. The number of aryl methyl sites for hydroxylation is 1. The number of nitrogens with one attached hydrogen (secondary N) is 3. The summed E-state index contributed by atoms with van der Waals surface area (Å²) >= 11 is 0. The largest absolute Gasteiger partial charge is 0.354 e. The van der Waals surface area contributed by atoms with Gasteiger partial charge in [0.15, 0.2) is 0 Å². The molecule has 0 saturated heterocycles. The van der Waals surface area contributed by atoms with Gasteiger partial charge < -0.3 is 16.0 Å². The molecule has 7 heteroatoms. The minimum absolute atomic E-state index is 0.337. The Morgan fingerprint density at radius 1 is 1.07 bits per heavy atom. The van der Waals surface area contributed by atoms with Crippen LogP contribution in [0.5, 0.6) is 0 Å². The normalized spacial score (nSPS) is 10.7. The van der Waals surface area contributed by atoms with Gasteiger partial charge in [-0.25, -0.2) is 9.37 Å². The zero-order valence-corrected chi connectivity index (χ0v) is 16.2. The Morgan fingerprint density at radius 3 is 2.52 bits per heavy atom. The first kappa shape index (κ1) is 20.0. The summed E-state index contributed by atoms with van der Waals surface area (Å²) in [6, 6.07) is 15.3. The van der Waals surface area contributed by atoms with Crippen molar-refractivity contribution in [2.45, 2.75) is 13.8 Å². The van der Waals surface area contributed by atoms with E-state index in [-0.39, 0.29) is 11.7 Å². The average molecular weight is 391 g/mol. The zero-order chi connectivity index (χ0) is 20.6. The van der Waals surface area contributed by atoms with Crippen LogP contribution >= 0.6 is 0 Å². The topological polar surface area (TPSA) is 78.9 Å². The molecule has 0 atom stereocenters. The molecule has 1 heterocycles. The van der Waals surface area contributed by atoms with Gasteiger partial charge in [0.25, 0.3) is 0 Å². The summed E-state index contributed by atoms with van der Waals surface area (Å²) < 4.78 is 13.6. The van der Waals surface area contributed by atoms with Gasteiger partial charge in [-0.1, -0.05) is 18.2 Å². The molecule has 148 valence electrons. The second-order valence-corrected chi connectivity index (χ2v) is 6.29. The van der Waals surface area contributed by atoms with Gasteiger partial charge in [0.1, 0.15) is 11.6 Å². The van der Waals surface area contributed by atoms with Crippen molar-refractivity contribution in [3.8, 4) is 0 Å². The van der Waals surface area contributed by atoms with Crippen molar-refractivity contribution < 1.29 is 9.18 Å². The van der Waals surface area contributed by atoms with Gasteiger partial charge >= 0.3 is 0 Å². The minimum atomic E-state index is -0.371. The van der Waals surface area contributed by atoms with Crippen LogP contribution in [0.3, 0.4) is 0 Å². The summed E-state index contributed by atoms with van der Waals surface area (Å²) in [6.07, 6.45) is 2.75. The number of aromatic nitrogens is 2. The average Bonchev–Trinajstić information content (AvgIpc) is 2.69. The molecule has 3 rings (SSSR count). The minimum Gasteiger partial charge on any atom is -0.354 e. The number of benzene rings is 2. The number of nitrogens with zero attached hydrogens (tertiary/aromatic N) is 2. The van der Waals surface area contributed by atoms with E-state index in [1.807, 2.05) is 32.0 Å². The Morgan fingerprint density at radius 2 is 1.79 bits per heavy atom. The van der Waals surface area contributed by atoms with Crippen molar-refractivity contribution in [2.24, 2.45) is 0 Å². The van der Waals surface area contributed by atoms with Crippen LogP contribution in [-0.2, 0) is 4.79 Å². The monoisotopic (exact) mass is 391 g/mol. The molecular formula is C22H22FN5O. The number of halogens is 1. The summed E-state index contributed by atoms with van der Waals surface area (Å²) in [7, 11) is 0. The maximum Gasteiger partial charge on any atom is 0.248 e. The van der Waals surface area contributed by atoms with E-state index < -0.39 is 0 Å². The van der Waals surface area contributed by atoms with Crippen molar-refractivity contribution in [3.05, 3.63) is 77.7 Å². The molecule has 0 aliphatic heterocycles. The van der Waals surface area contributed by atoms with Crippen molar-refractivity contribution in [2.75, 3.05) is 22.5 Å². The zero-order valence-electron chi connectivity index (χ0n) is 16.2. The van der Waals surface area contributed by atoms with E-state index >= 15 is 0 Å². The van der Waals surface area contributed by atoms with Crippen LogP contribution in [0, 0.1) is 12.7 Å². The molecule has 2 aromatic carbocycles. The maximum atomic E-state index is 13.6. The van der Waals surface area contributed by atoms with Gasteiger partial charge in [-0.15, -0.1) is 0 Å². The van der Waals surface area contributed by atoms with E-state index in [2.05, 4.69) is 25.9 Å². The van der Waals surface area contributed by atoms with E-state index in [0.717, 1.165) is 17.9 Å². The summed E-state index contributed by atoms with van der Waals surface area (Å²) in [5.74, 6) is 0.540. The standard InChI is InChI=1S/C22H22FN5O/c1-3-24-22-25-15(2)14-20(28-22)26-17-9-11-18(12-10-17)27-21(29)13-8-16-6-4-5-7-19(16)23/h4-14H,3H2,1-2H3,(H,27,29)(H2,24,25,26,28)/b13-8+. The van der Waals surface area contributed by atoms with Gasteiger partial charge in [0, 0.05) is 41.3 Å². The van der Waals surface area contributed by atoms with Crippen LogP contribution < -0.4 is 16.0 Å². The fraction of sp³-hybridized carbons (Fsp3) is 0.136. The Bertz CT molecular complexity index is 1020. The van der Waals surface area contributed by atoms with E-state index in [9.17, 15) is 9.18 Å². The number of hydrogen-bond acceptors (Lipinski definition) is 5. The summed E-state index contributed by atoms with van der Waals surface area (Å²) in [5, 5.41) is 9.06. The molecule has 0 radical (unpaired) electrons. The second kappa shape index (κ2) is 9.45. The molecule has 6 nitrogen and oxygen atoms in total. The molecule has 0 spiro atoms. The molecule has 0 aliphatic rings. The number of anilines is 4. The Hall–Kier alpha value is -3.74. The van der Waals surface area contributed by atoms with E-state index in [1.54, 1.807) is 30.3 Å². The highest BCUT2D eigenvalue weighted by Gasteiger charge is 2.04. The Kier molecular flexibility index (Phi) is 6.52. The summed E-state index contributed by atoms with van der Waals surface area (Å²) in [5.41, 5.74) is 2.67. The number of carbonyl (C=O) groups excluding carboxylic acids is 1. The van der Waals surface area contributed by atoms with E-state index in [0.29, 0.717) is 23.0 Å². The fourth-order valence-electron chi connectivity index (χ4n) is 2.61. The molecular weight excluding hydrogens is 369 g/mol. The molecule has 0 bridgehead atoms. The highest BCUT2D eigenvalue weighted by Crippen LogP contribution is 2.19. The first-order valence-electron chi connectivity index (χ1n) is 9.23. The highest BCUT2D eigenvalue weighted by atomic mass is 19.1. The van der Waals surface area contributed by atoms with Crippen LogP contribution in [-0.4, -0.2) is 22.4 Å². The van der Waals surface area contributed by atoms with Crippen molar-refractivity contribution in [1.29, 1.82) is 0 Å². The van der Waals surface area contributed by atoms with Crippen molar-refractivity contribution >= 4 is 35.1 Å². The van der Waals surface area contributed by atoms with Crippen LogP contribution in [0.2, 0.25) is 0 Å². The molecule has 29 heavy (non-hydrogen) atoms. The second-order valence-electron chi connectivity index (χ2n) is 6.29. The lowest BCUT2D eigenvalue weighted by Crippen LogP contribution is -2.08. The van der Waals surface area contributed by atoms with Crippen molar-refractivity contribution in [3.63, 3.8) is 0 Å². The molecule has 1 aromatic heterocycles. The van der Waals surface area contributed by atoms with Crippen LogP contribution in [0.15, 0.2) is 60.7 Å². The third-order valence-corrected chi connectivity index (χ3v) is 3.93. The third-order valence-electron chi connectivity index (χ3n) is 3.93. The number of amides is 1. The third kappa shape index (κ3) is 5.87. The lowest BCUT2D eigenvalue weighted by atomic mass is 10.2. The molecule has 0 unspecified atom stereocenters. The van der Waals surface area contributed by atoms with Crippen LogP contribution in [0.25, 0.3) is 6.08 Å². The van der Waals surface area contributed by atoms with Gasteiger partial charge in [0.05, 0.1) is 0 Å². The first-order valence-corrected chi connectivity index (χ1v) is 9.23. The van der Waals surface area contributed by atoms with Gasteiger partial charge in [0.2, 0.25) is 11.9 Å². The first-order chi connectivity index (χ1) is 14.0. The lowest BCUT2D eigenvalue weighted by molar-refractivity contribution is -0.111. The van der Waals surface area contributed by atoms with Gasteiger partial charge in [-0.3, -0.25) is 4.79 Å². The molecule has 0 fully saturated rings. The Labute approximate surface area is 168 Å². The van der Waals surface area contributed by atoms with E-state index in [4.69, 9.17) is 0 Å².